The summed E-state index contributed by atoms with van der Waals surface area (Å²) in [5.74, 6) is -1.33. The van der Waals surface area contributed by atoms with Crippen molar-refractivity contribution in [1.82, 2.24) is 9.71 Å². The third kappa shape index (κ3) is 2.60. The van der Waals surface area contributed by atoms with Gasteiger partial charge in [-0.25, -0.2) is 13.4 Å². The van der Waals surface area contributed by atoms with Crippen LogP contribution in [0.5, 0.6) is 0 Å². The van der Waals surface area contributed by atoms with Crippen molar-refractivity contribution in [2.24, 2.45) is 11.3 Å². The average Bonchev–Trinajstić information content (AvgIpc) is 2.70. The van der Waals surface area contributed by atoms with Gasteiger partial charge in [-0.05, 0) is 6.92 Å². The maximum absolute atomic E-state index is 11.9. The molecule has 1 unspecified atom stereocenters. The van der Waals surface area contributed by atoms with Crippen molar-refractivity contribution in [2.75, 3.05) is 0 Å². The fourth-order valence-electron chi connectivity index (χ4n) is 2.09. The number of rotatable bonds is 4. The number of ketones is 1. The Kier molecular flexibility index (Phi) is 3.45. The lowest BCUT2D eigenvalue weighted by atomic mass is 9.61. The van der Waals surface area contributed by atoms with Crippen LogP contribution < -0.4 is 4.72 Å². The van der Waals surface area contributed by atoms with Gasteiger partial charge in [0.25, 0.3) is 0 Å². The molecule has 20 heavy (non-hydrogen) atoms. The Bertz CT molecular complexity index is 659. The summed E-state index contributed by atoms with van der Waals surface area (Å²) in [5, 5.41) is 0. The summed E-state index contributed by atoms with van der Waals surface area (Å²) < 4.78 is 30.7. The van der Waals surface area contributed by atoms with E-state index in [0.29, 0.717) is 5.76 Å². The second kappa shape index (κ2) is 4.69. The first kappa shape index (κ1) is 14.7. The first-order valence-corrected chi connectivity index (χ1v) is 7.75. The van der Waals surface area contributed by atoms with Crippen LogP contribution in [0.2, 0.25) is 0 Å². The number of amides is 1. The highest BCUT2D eigenvalue weighted by molar-refractivity contribution is 7.89. The molecule has 1 aliphatic rings. The number of Topliss-reactive ketones (excluding diaryl/α,β-unsaturated/α-hetero) is 1. The zero-order valence-electron chi connectivity index (χ0n) is 11.5. The summed E-state index contributed by atoms with van der Waals surface area (Å²) in [6.07, 6.45) is 1.23. The lowest BCUT2D eigenvalue weighted by Gasteiger charge is -2.40. The van der Waals surface area contributed by atoms with Crippen molar-refractivity contribution in [3.63, 3.8) is 0 Å². The van der Waals surface area contributed by atoms with Gasteiger partial charge < -0.3 is 4.42 Å². The molecule has 1 amide bonds. The van der Waals surface area contributed by atoms with Gasteiger partial charge in [-0.2, -0.15) is 0 Å². The largest absolute Gasteiger partial charge is 0.448 e. The predicted octanol–water partition coefficient (Wildman–Crippen LogP) is 0.544. The van der Waals surface area contributed by atoms with E-state index < -0.39 is 33.0 Å². The molecule has 1 atom stereocenters. The summed E-state index contributed by atoms with van der Waals surface area (Å²) in [6, 6.07) is 0. The normalized spacial score (nSPS) is 21.4. The van der Waals surface area contributed by atoms with Crippen LogP contribution in [0.4, 0.5) is 0 Å². The summed E-state index contributed by atoms with van der Waals surface area (Å²) in [7, 11) is -3.85. The van der Waals surface area contributed by atoms with E-state index in [1.54, 1.807) is 20.8 Å². The molecule has 1 fully saturated rings. The van der Waals surface area contributed by atoms with Crippen molar-refractivity contribution >= 4 is 21.7 Å². The van der Waals surface area contributed by atoms with Crippen LogP contribution in [0.15, 0.2) is 10.8 Å². The lowest BCUT2D eigenvalue weighted by molar-refractivity contribution is -0.151. The average molecular weight is 300 g/mol. The standard InChI is InChI=1S/C12H16N2O5S/c1-7-9(13-6-19-7)5-20(17,18)14-11(16)8-4-10(15)12(8,2)3/h6,8H,4-5H2,1-3H3,(H,14,16). The van der Waals surface area contributed by atoms with Gasteiger partial charge in [-0.3, -0.25) is 14.3 Å². The van der Waals surface area contributed by atoms with Crippen molar-refractivity contribution in [2.45, 2.75) is 32.9 Å². The summed E-state index contributed by atoms with van der Waals surface area (Å²) in [4.78, 5) is 27.1. The Labute approximate surface area is 116 Å². The Hall–Kier alpha value is -1.70. The van der Waals surface area contributed by atoms with Crippen LogP contribution in [0.25, 0.3) is 0 Å². The molecule has 2 rings (SSSR count). The quantitative estimate of drug-likeness (QED) is 0.870. The minimum atomic E-state index is -3.85. The Morgan fingerprint density at radius 3 is 2.65 bits per heavy atom. The third-order valence-electron chi connectivity index (χ3n) is 3.72. The molecule has 1 aliphatic carbocycles. The zero-order chi connectivity index (χ0) is 15.1. The maximum atomic E-state index is 11.9. The van der Waals surface area contributed by atoms with E-state index in [1.165, 1.54) is 0 Å². The van der Waals surface area contributed by atoms with Gasteiger partial charge in [0.05, 0.1) is 11.6 Å². The number of oxazole rings is 1. The van der Waals surface area contributed by atoms with Gasteiger partial charge in [0.2, 0.25) is 15.9 Å². The second-order valence-corrected chi connectivity index (χ2v) is 7.20. The Morgan fingerprint density at radius 1 is 1.55 bits per heavy atom. The molecule has 110 valence electrons. The van der Waals surface area contributed by atoms with Crippen molar-refractivity contribution in [3.05, 3.63) is 17.8 Å². The van der Waals surface area contributed by atoms with Gasteiger partial charge in [0, 0.05) is 11.8 Å². The molecule has 0 saturated heterocycles. The number of nitrogens with one attached hydrogen (secondary N) is 1. The van der Waals surface area contributed by atoms with E-state index in [0.717, 1.165) is 6.39 Å². The fourth-order valence-corrected chi connectivity index (χ4v) is 3.25. The van der Waals surface area contributed by atoms with Gasteiger partial charge in [0.1, 0.15) is 17.3 Å². The molecule has 0 aromatic carbocycles. The molecular weight excluding hydrogens is 284 g/mol. The SMILES string of the molecule is Cc1ocnc1CS(=O)(=O)NC(=O)C1CC(=O)C1(C)C. The molecule has 0 radical (unpaired) electrons. The molecule has 0 aliphatic heterocycles. The van der Waals surface area contributed by atoms with Crippen LogP contribution in [-0.4, -0.2) is 25.1 Å². The third-order valence-corrected chi connectivity index (χ3v) is 4.89. The number of aromatic nitrogens is 1. The van der Waals surface area contributed by atoms with Gasteiger partial charge >= 0.3 is 0 Å². The van der Waals surface area contributed by atoms with Gasteiger partial charge in [-0.15, -0.1) is 0 Å². The van der Waals surface area contributed by atoms with E-state index in [4.69, 9.17) is 4.42 Å². The highest BCUT2D eigenvalue weighted by Gasteiger charge is 2.51. The first-order chi connectivity index (χ1) is 9.13. The Morgan fingerprint density at radius 2 is 2.20 bits per heavy atom. The van der Waals surface area contributed by atoms with Crippen LogP contribution in [0.1, 0.15) is 31.7 Å². The molecule has 0 spiro atoms. The number of hydrogen-bond acceptors (Lipinski definition) is 6. The summed E-state index contributed by atoms with van der Waals surface area (Å²) in [6.45, 7) is 4.86. The van der Waals surface area contributed by atoms with Gasteiger partial charge in [-0.1, -0.05) is 13.8 Å². The van der Waals surface area contributed by atoms with Crippen molar-refractivity contribution in [1.29, 1.82) is 0 Å². The molecule has 1 aromatic heterocycles. The zero-order valence-corrected chi connectivity index (χ0v) is 12.3. The summed E-state index contributed by atoms with van der Waals surface area (Å²) in [5.41, 5.74) is -0.544. The molecule has 8 heteroatoms. The van der Waals surface area contributed by atoms with E-state index in [2.05, 4.69) is 4.98 Å². The topological polar surface area (TPSA) is 106 Å². The van der Waals surface area contributed by atoms with Crippen molar-refractivity contribution < 1.29 is 22.4 Å². The van der Waals surface area contributed by atoms with Crippen LogP contribution in [0.3, 0.4) is 0 Å². The monoisotopic (exact) mass is 300 g/mol. The minimum absolute atomic E-state index is 0.0395. The predicted molar refractivity (Wildman–Crippen MR) is 68.9 cm³/mol. The first-order valence-electron chi connectivity index (χ1n) is 6.10. The molecule has 1 N–H and O–H groups in total. The fraction of sp³-hybridized carbons (Fsp3) is 0.583. The van der Waals surface area contributed by atoms with Crippen LogP contribution in [0, 0.1) is 18.3 Å². The van der Waals surface area contributed by atoms with E-state index in [1.807, 2.05) is 4.72 Å². The minimum Gasteiger partial charge on any atom is -0.448 e. The molecule has 1 heterocycles. The number of hydrogen-bond donors (Lipinski definition) is 1. The number of sulfonamides is 1. The van der Waals surface area contributed by atoms with Crippen LogP contribution >= 0.6 is 0 Å². The maximum Gasteiger partial charge on any atom is 0.240 e. The molecule has 1 saturated carbocycles. The number of carbonyl (C=O) groups is 2. The summed E-state index contributed by atoms with van der Waals surface area (Å²) >= 11 is 0. The number of nitrogens with zero attached hydrogens (tertiary/aromatic N) is 1. The molecule has 7 nitrogen and oxygen atoms in total. The number of aryl methyl sites for hydroxylation is 1. The van der Waals surface area contributed by atoms with E-state index in [-0.39, 0.29) is 17.9 Å². The molecule has 0 bridgehead atoms. The number of carbonyl (C=O) groups excluding carboxylic acids is 2. The van der Waals surface area contributed by atoms with Crippen LogP contribution in [-0.2, 0) is 25.4 Å². The second-order valence-electron chi connectivity index (χ2n) is 5.48. The Balaban J connectivity index is 2.04. The molecular formula is C12H16N2O5S. The lowest BCUT2D eigenvalue weighted by Crippen LogP contribution is -2.53. The van der Waals surface area contributed by atoms with E-state index >= 15 is 0 Å². The highest BCUT2D eigenvalue weighted by Crippen LogP contribution is 2.42. The highest BCUT2D eigenvalue weighted by atomic mass is 32.2. The molecule has 1 aromatic rings. The van der Waals surface area contributed by atoms with Crippen molar-refractivity contribution in [3.8, 4) is 0 Å². The van der Waals surface area contributed by atoms with E-state index in [9.17, 15) is 18.0 Å². The smallest absolute Gasteiger partial charge is 0.240 e. The van der Waals surface area contributed by atoms with Gasteiger partial charge in [0.15, 0.2) is 6.39 Å².